The molecule has 96 valence electrons. The molecule has 2 aromatic rings. The number of fused-ring (bicyclic) bond motifs is 1. The molecular formula is C14H12BrN3O. The zero-order valence-corrected chi connectivity index (χ0v) is 11.8. The number of nitrogens with one attached hydrogen (secondary N) is 1. The summed E-state index contributed by atoms with van der Waals surface area (Å²) in [6, 6.07) is 10.1. The number of hydrogen-bond acceptors (Lipinski definition) is 4. The van der Waals surface area contributed by atoms with E-state index < -0.39 is 0 Å². The molecule has 1 fully saturated rings. The first-order valence-corrected chi connectivity index (χ1v) is 6.91. The summed E-state index contributed by atoms with van der Waals surface area (Å²) in [4.78, 5) is 4.42. The van der Waals surface area contributed by atoms with Crippen molar-refractivity contribution < 1.29 is 4.74 Å². The molecule has 1 aromatic heterocycles. The van der Waals surface area contributed by atoms with E-state index in [1.54, 1.807) is 0 Å². The van der Waals surface area contributed by atoms with Crippen molar-refractivity contribution >= 4 is 26.8 Å². The van der Waals surface area contributed by atoms with Crippen molar-refractivity contribution in [1.82, 2.24) is 10.3 Å². The molecule has 1 N–H and O–H groups in total. The van der Waals surface area contributed by atoms with Crippen molar-refractivity contribution in [3.8, 4) is 6.07 Å². The van der Waals surface area contributed by atoms with Crippen LogP contribution in [0, 0.1) is 11.3 Å². The SMILES string of the molecule is N#Cc1c(Br)nc2ccccc2c1C1CNCCO1. The molecule has 0 spiro atoms. The fourth-order valence-corrected chi connectivity index (χ4v) is 2.89. The Hall–Kier alpha value is -1.48. The molecule has 1 saturated heterocycles. The van der Waals surface area contributed by atoms with Gasteiger partial charge in [-0.1, -0.05) is 18.2 Å². The highest BCUT2D eigenvalue weighted by Gasteiger charge is 2.23. The molecule has 1 aromatic carbocycles. The fraction of sp³-hybridized carbons (Fsp3) is 0.286. The average molecular weight is 318 g/mol. The minimum Gasteiger partial charge on any atom is -0.371 e. The summed E-state index contributed by atoms with van der Waals surface area (Å²) in [5.41, 5.74) is 2.36. The van der Waals surface area contributed by atoms with E-state index in [1.807, 2.05) is 24.3 Å². The Kier molecular flexibility index (Phi) is 3.47. The Balaban J connectivity index is 2.26. The number of nitrogens with zero attached hydrogens (tertiary/aromatic N) is 2. The van der Waals surface area contributed by atoms with E-state index in [0.717, 1.165) is 29.6 Å². The van der Waals surface area contributed by atoms with Gasteiger partial charge in [-0.3, -0.25) is 0 Å². The molecule has 1 unspecified atom stereocenters. The first-order chi connectivity index (χ1) is 9.31. The lowest BCUT2D eigenvalue weighted by molar-refractivity contribution is 0.0284. The largest absolute Gasteiger partial charge is 0.371 e. The number of nitriles is 1. The number of morpholine rings is 1. The Morgan fingerprint density at radius 1 is 1.42 bits per heavy atom. The van der Waals surface area contributed by atoms with Crippen molar-refractivity contribution in [3.05, 3.63) is 40.0 Å². The van der Waals surface area contributed by atoms with Crippen molar-refractivity contribution in [2.75, 3.05) is 19.7 Å². The Labute approximate surface area is 119 Å². The smallest absolute Gasteiger partial charge is 0.124 e. The predicted octanol–water partition coefficient (Wildman–Crippen LogP) is 2.53. The fourth-order valence-electron chi connectivity index (χ4n) is 2.40. The second-order valence-corrected chi connectivity index (χ2v) is 5.13. The topological polar surface area (TPSA) is 57.9 Å². The zero-order chi connectivity index (χ0) is 13.2. The van der Waals surface area contributed by atoms with E-state index in [9.17, 15) is 5.26 Å². The second-order valence-electron chi connectivity index (χ2n) is 4.38. The third-order valence-corrected chi connectivity index (χ3v) is 3.82. The van der Waals surface area contributed by atoms with Crippen molar-refractivity contribution in [3.63, 3.8) is 0 Å². The van der Waals surface area contributed by atoms with Gasteiger partial charge in [0, 0.05) is 24.0 Å². The number of para-hydroxylation sites is 1. The van der Waals surface area contributed by atoms with Gasteiger partial charge < -0.3 is 10.1 Å². The van der Waals surface area contributed by atoms with E-state index >= 15 is 0 Å². The van der Waals surface area contributed by atoms with Crippen LogP contribution in [0.1, 0.15) is 17.2 Å². The van der Waals surface area contributed by atoms with Crippen LogP contribution in [0.2, 0.25) is 0 Å². The van der Waals surface area contributed by atoms with Crippen LogP contribution in [0.25, 0.3) is 10.9 Å². The summed E-state index contributed by atoms with van der Waals surface area (Å²) in [7, 11) is 0. The molecule has 19 heavy (non-hydrogen) atoms. The summed E-state index contributed by atoms with van der Waals surface area (Å²) < 4.78 is 6.39. The highest BCUT2D eigenvalue weighted by molar-refractivity contribution is 9.10. The molecule has 5 heteroatoms. The van der Waals surface area contributed by atoms with Gasteiger partial charge >= 0.3 is 0 Å². The molecule has 1 atom stereocenters. The quantitative estimate of drug-likeness (QED) is 0.821. The zero-order valence-electron chi connectivity index (χ0n) is 10.2. The maximum atomic E-state index is 9.39. The van der Waals surface area contributed by atoms with Crippen LogP contribution in [0.4, 0.5) is 0 Å². The van der Waals surface area contributed by atoms with Crippen LogP contribution in [0.5, 0.6) is 0 Å². The number of benzene rings is 1. The van der Waals surface area contributed by atoms with Gasteiger partial charge in [-0.2, -0.15) is 5.26 Å². The van der Waals surface area contributed by atoms with Crippen LogP contribution >= 0.6 is 15.9 Å². The minimum absolute atomic E-state index is 0.104. The van der Waals surface area contributed by atoms with E-state index in [0.29, 0.717) is 16.8 Å². The van der Waals surface area contributed by atoms with Gasteiger partial charge in [-0.05, 0) is 22.0 Å². The number of aromatic nitrogens is 1. The van der Waals surface area contributed by atoms with Crippen LogP contribution in [0.15, 0.2) is 28.9 Å². The highest BCUT2D eigenvalue weighted by Crippen LogP contribution is 2.33. The Morgan fingerprint density at radius 2 is 2.26 bits per heavy atom. The Bertz CT molecular complexity index is 660. The predicted molar refractivity (Wildman–Crippen MR) is 75.7 cm³/mol. The lowest BCUT2D eigenvalue weighted by atomic mass is 9.98. The van der Waals surface area contributed by atoms with Gasteiger partial charge in [0.05, 0.1) is 23.8 Å². The third kappa shape index (κ3) is 2.23. The van der Waals surface area contributed by atoms with Crippen LogP contribution in [0.3, 0.4) is 0 Å². The van der Waals surface area contributed by atoms with Gasteiger partial charge in [-0.25, -0.2) is 4.98 Å². The molecule has 0 saturated carbocycles. The van der Waals surface area contributed by atoms with Gasteiger partial charge in [0.25, 0.3) is 0 Å². The summed E-state index contributed by atoms with van der Waals surface area (Å²) in [5.74, 6) is 0. The summed E-state index contributed by atoms with van der Waals surface area (Å²) in [5, 5.41) is 13.7. The van der Waals surface area contributed by atoms with Crippen molar-refractivity contribution in [2.24, 2.45) is 0 Å². The molecule has 0 radical (unpaired) electrons. The number of halogens is 1. The monoisotopic (exact) mass is 317 g/mol. The lowest BCUT2D eigenvalue weighted by Gasteiger charge is -2.26. The standard InChI is InChI=1S/C14H12BrN3O/c15-14-10(7-16)13(12-8-17-5-6-19-12)9-3-1-2-4-11(9)18-14/h1-4,12,17H,5-6,8H2. The summed E-state index contributed by atoms with van der Waals surface area (Å²) >= 11 is 3.39. The molecule has 2 heterocycles. The normalized spacial score (nSPS) is 19.3. The van der Waals surface area contributed by atoms with Crippen LogP contribution in [-0.4, -0.2) is 24.7 Å². The molecule has 0 amide bonds. The third-order valence-electron chi connectivity index (χ3n) is 3.25. The number of rotatable bonds is 1. The van der Waals surface area contributed by atoms with Gasteiger partial charge in [0.2, 0.25) is 0 Å². The molecule has 0 bridgehead atoms. The van der Waals surface area contributed by atoms with Gasteiger partial charge in [-0.15, -0.1) is 0 Å². The molecule has 0 aliphatic carbocycles. The van der Waals surface area contributed by atoms with E-state index in [1.165, 1.54) is 0 Å². The van der Waals surface area contributed by atoms with E-state index in [4.69, 9.17) is 4.74 Å². The highest BCUT2D eigenvalue weighted by atomic mass is 79.9. The molecule has 3 rings (SSSR count). The minimum atomic E-state index is -0.104. The molecule has 1 aliphatic rings. The maximum Gasteiger partial charge on any atom is 0.124 e. The van der Waals surface area contributed by atoms with Crippen molar-refractivity contribution in [1.29, 1.82) is 5.26 Å². The van der Waals surface area contributed by atoms with E-state index in [-0.39, 0.29) is 6.10 Å². The van der Waals surface area contributed by atoms with Crippen molar-refractivity contribution in [2.45, 2.75) is 6.10 Å². The first kappa shape index (κ1) is 12.5. The second kappa shape index (κ2) is 5.25. The van der Waals surface area contributed by atoms with Crippen LogP contribution < -0.4 is 5.32 Å². The van der Waals surface area contributed by atoms with E-state index in [2.05, 4.69) is 32.3 Å². The van der Waals surface area contributed by atoms with Gasteiger partial charge in [0.1, 0.15) is 10.7 Å². The molecule has 1 aliphatic heterocycles. The average Bonchev–Trinajstić information content (AvgIpc) is 2.46. The van der Waals surface area contributed by atoms with Gasteiger partial charge in [0.15, 0.2) is 0 Å². The number of hydrogen-bond donors (Lipinski definition) is 1. The summed E-state index contributed by atoms with van der Waals surface area (Å²) in [6.07, 6.45) is -0.104. The summed E-state index contributed by atoms with van der Waals surface area (Å²) in [6.45, 7) is 2.22. The molecule has 4 nitrogen and oxygen atoms in total. The Morgan fingerprint density at radius 3 is 3.00 bits per heavy atom. The number of pyridine rings is 1. The number of ether oxygens (including phenoxy) is 1. The lowest BCUT2D eigenvalue weighted by Crippen LogP contribution is -2.33. The van der Waals surface area contributed by atoms with Crippen LogP contribution in [-0.2, 0) is 4.74 Å². The maximum absolute atomic E-state index is 9.39. The molecular weight excluding hydrogens is 306 g/mol. The first-order valence-electron chi connectivity index (χ1n) is 6.12.